The molecule has 230 valence electrons. The molecule has 0 spiro atoms. The molecule has 0 aromatic heterocycles. The second kappa shape index (κ2) is 20.8. The molecule has 0 aliphatic carbocycles. The maximum atomic E-state index is 13.0. The lowest BCUT2D eigenvalue weighted by Crippen LogP contribution is -2.49. The van der Waals surface area contributed by atoms with Gasteiger partial charge < -0.3 is 34.3 Å². The van der Waals surface area contributed by atoms with Crippen molar-refractivity contribution in [2.24, 2.45) is 11.3 Å². The lowest BCUT2D eigenvalue weighted by molar-refractivity contribution is -0.168. The van der Waals surface area contributed by atoms with Crippen molar-refractivity contribution >= 4 is 52.4 Å². The summed E-state index contributed by atoms with van der Waals surface area (Å²) in [6.45, 7) is 5.34. The number of rotatable bonds is 20. The van der Waals surface area contributed by atoms with E-state index in [0.717, 1.165) is 11.4 Å². The predicted octanol–water partition coefficient (Wildman–Crippen LogP) is 0.547. The zero-order chi connectivity index (χ0) is 30.6. The number of nitrogens with one attached hydrogen (secondary N) is 2. The van der Waals surface area contributed by atoms with Crippen molar-refractivity contribution < 1.29 is 52.5 Å². The fourth-order valence-electron chi connectivity index (χ4n) is 3.11. The van der Waals surface area contributed by atoms with Gasteiger partial charge in [0.15, 0.2) is 6.10 Å². The number of methoxy groups -OCH3 is 3. The lowest BCUT2D eigenvalue weighted by Gasteiger charge is -2.32. The summed E-state index contributed by atoms with van der Waals surface area (Å²) in [4.78, 5) is 71.6. The molecule has 13 nitrogen and oxygen atoms in total. The van der Waals surface area contributed by atoms with Crippen LogP contribution in [0.2, 0.25) is 0 Å². The highest BCUT2D eigenvalue weighted by atomic mass is 32.1. The van der Waals surface area contributed by atoms with Crippen molar-refractivity contribution in [2.75, 3.05) is 53.4 Å². The van der Waals surface area contributed by atoms with Crippen LogP contribution in [0.25, 0.3) is 0 Å². The summed E-state index contributed by atoms with van der Waals surface area (Å²) in [7, 11) is 3.81. The van der Waals surface area contributed by atoms with E-state index in [1.54, 1.807) is 20.8 Å². The molecule has 0 radical (unpaired) electrons. The molecule has 14 heteroatoms. The molecule has 2 N–H and O–H groups in total. The van der Waals surface area contributed by atoms with Crippen molar-refractivity contribution in [2.45, 2.75) is 59.0 Å². The van der Waals surface area contributed by atoms with E-state index in [0.29, 0.717) is 25.1 Å². The number of esters is 4. The number of hydrogen-bond acceptors (Lipinski definition) is 11. The molecule has 0 bridgehead atoms. The van der Waals surface area contributed by atoms with Gasteiger partial charge in [-0.2, -0.15) is 0 Å². The third-order valence-electron chi connectivity index (χ3n) is 5.45. The van der Waals surface area contributed by atoms with Gasteiger partial charge in [0.05, 0.1) is 59.7 Å². The molecule has 0 aromatic carbocycles. The minimum absolute atomic E-state index is 0.00170. The van der Waals surface area contributed by atoms with Crippen molar-refractivity contribution in [3.8, 4) is 0 Å². The molecule has 40 heavy (non-hydrogen) atoms. The van der Waals surface area contributed by atoms with Crippen molar-refractivity contribution in [3.05, 3.63) is 0 Å². The first kappa shape index (κ1) is 37.0. The average Bonchev–Trinajstić information content (AvgIpc) is 2.92. The topological polar surface area (TPSA) is 173 Å². The number of amides is 2. The number of ether oxygens (including phenoxy) is 5. The molecule has 1 unspecified atom stereocenters. The SMILES string of the molecule is COC(=O)CC[SH]=CCCNC(=O)CCNC(=O)[C@H](OC(=O)CCC(=O)OC)C(C)(C)COCC(C)C(=O)OC. The molecular formula is C26H44N2O11S. The first-order chi connectivity index (χ1) is 18.9. The number of thiol groups is 1. The van der Waals surface area contributed by atoms with Gasteiger partial charge in [-0.05, 0) is 19.1 Å². The van der Waals surface area contributed by atoms with Crippen molar-refractivity contribution in [3.63, 3.8) is 0 Å². The van der Waals surface area contributed by atoms with Gasteiger partial charge in [-0.15, -0.1) is 0 Å². The Labute approximate surface area is 239 Å². The summed E-state index contributed by atoms with van der Waals surface area (Å²) < 4.78 is 24.8. The minimum atomic E-state index is -1.30. The Hall–Kier alpha value is -3.00. The molecule has 0 rings (SSSR count). The molecule has 2 atom stereocenters. The van der Waals surface area contributed by atoms with Gasteiger partial charge in [-0.25, -0.2) is 11.4 Å². The van der Waals surface area contributed by atoms with Gasteiger partial charge in [-0.3, -0.25) is 28.8 Å². The Kier molecular flexibility index (Phi) is 19.3. The van der Waals surface area contributed by atoms with Gasteiger partial charge in [0.25, 0.3) is 5.91 Å². The van der Waals surface area contributed by atoms with Crippen LogP contribution in [-0.2, 0) is 52.5 Å². The van der Waals surface area contributed by atoms with Crippen molar-refractivity contribution in [1.82, 2.24) is 10.6 Å². The van der Waals surface area contributed by atoms with E-state index >= 15 is 0 Å². The van der Waals surface area contributed by atoms with Gasteiger partial charge >= 0.3 is 23.9 Å². The molecule has 0 aliphatic heterocycles. The molecule has 0 aliphatic rings. The largest absolute Gasteiger partial charge is 0.469 e. The molecule has 0 saturated heterocycles. The fraction of sp³-hybridized carbons (Fsp3) is 0.731. The Morgan fingerprint density at radius 3 is 2.08 bits per heavy atom. The fourth-order valence-corrected chi connectivity index (χ4v) is 3.91. The van der Waals surface area contributed by atoms with Gasteiger partial charge in [0, 0.05) is 24.9 Å². The first-order valence-corrected chi connectivity index (χ1v) is 14.0. The summed E-state index contributed by atoms with van der Waals surface area (Å²) in [5.74, 6) is -2.88. The average molecular weight is 593 g/mol. The van der Waals surface area contributed by atoms with E-state index in [-0.39, 0.29) is 50.9 Å². The molecule has 0 aromatic rings. The Balaban J connectivity index is 4.89. The summed E-state index contributed by atoms with van der Waals surface area (Å²) in [5, 5.41) is 7.30. The predicted molar refractivity (Wildman–Crippen MR) is 149 cm³/mol. The van der Waals surface area contributed by atoms with Crippen LogP contribution >= 0.6 is 11.4 Å². The standard InChI is InChI=1S/C26H44N2O11S/c1-18(25(34)37-6)16-38-17-26(2,3)23(39-22(32)9-8-20(30)35-4)24(33)28-13-10-19(29)27-12-7-14-40-15-11-21(31)36-5/h14,18,23,40H,7-13,15-17H2,1-6H3,(H,27,29)(H,28,33)/t18?,23-/m0/s1. The second-order valence-corrected chi connectivity index (χ2v) is 10.6. The summed E-state index contributed by atoms with van der Waals surface area (Å²) in [6.07, 6.45) is -0.839. The normalized spacial score (nSPS) is 12.8. The Bertz CT molecular complexity index is 877. The monoisotopic (exact) mass is 592 g/mol. The van der Waals surface area contributed by atoms with E-state index in [9.17, 15) is 28.8 Å². The third kappa shape index (κ3) is 16.9. The molecule has 2 amide bonds. The highest BCUT2D eigenvalue weighted by molar-refractivity contribution is 7.97. The molecular weight excluding hydrogens is 548 g/mol. The van der Waals surface area contributed by atoms with Crippen molar-refractivity contribution in [1.29, 1.82) is 0 Å². The second-order valence-electron chi connectivity index (χ2n) is 9.47. The third-order valence-corrected chi connectivity index (χ3v) is 6.45. The van der Waals surface area contributed by atoms with Crippen LogP contribution in [0.4, 0.5) is 0 Å². The maximum Gasteiger partial charge on any atom is 0.310 e. The van der Waals surface area contributed by atoms with E-state index < -0.39 is 41.3 Å². The van der Waals surface area contributed by atoms with Crippen LogP contribution in [-0.4, -0.2) is 101 Å². The zero-order valence-electron chi connectivity index (χ0n) is 24.2. The van der Waals surface area contributed by atoms with E-state index in [4.69, 9.17) is 9.47 Å². The van der Waals surface area contributed by atoms with Gasteiger partial charge in [0.2, 0.25) is 5.91 Å². The quantitative estimate of drug-likeness (QED) is 0.0592. The van der Waals surface area contributed by atoms with Gasteiger partial charge in [0.1, 0.15) is 0 Å². The number of carbonyl (C=O) groups excluding carboxylic acids is 6. The van der Waals surface area contributed by atoms with E-state index in [1.807, 2.05) is 5.37 Å². The van der Waals surface area contributed by atoms with Gasteiger partial charge in [-0.1, -0.05) is 19.2 Å². The zero-order valence-corrected chi connectivity index (χ0v) is 25.1. The van der Waals surface area contributed by atoms with Crippen LogP contribution in [0, 0.1) is 11.3 Å². The highest BCUT2D eigenvalue weighted by Gasteiger charge is 2.39. The molecule has 0 heterocycles. The summed E-state index contributed by atoms with van der Waals surface area (Å²) in [5.41, 5.74) is -1.02. The smallest absolute Gasteiger partial charge is 0.310 e. The first-order valence-electron chi connectivity index (χ1n) is 12.9. The van der Waals surface area contributed by atoms with Crippen LogP contribution in [0.5, 0.6) is 0 Å². The van der Waals surface area contributed by atoms with E-state index in [2.05, 4.69) is 24.8 Å². The summed E-state index contributed by atoms with van der Waals surface area (Å²) in [6, 6.07) is 0. The van der Waals surface area contributed by atoms with Crippen LogP contribution in [0.1, 0.15) is 52.9 Å². The molecule has 0 fully saturated rings. The maximum absolute atomic E-state index is 13.0. The van der Waals surface area contributed by atoms with Crippen LogP contribution in [0.3, 0.4) is 0 Å². The number of hydrogen-bond donors (Lipinski definition) is 3. The minimum Gasteiger partial charge on any atom is -0.469 e. The van der Waals surface area contributed by atoms with E-state index in [1.165, 1.54) is 21.3 Å². The summed E-state index contributed by atoms with van der Waals surface area (Å²) >= 11 is 0.970. The Morgan fingerprint density at radius 2 is 1.45 bits per heavy atom. The Morgan fingerprint density at radius 1 is 0.825 bits per heavy atom. The lowest BCUT2D eigenvalue weighted by atomic mass is 9.86. The van der Waals surface area contributed by atoms with Crippen LogP contribution < -0.4 is 10.6 Å². The van der Waals surface area contributed by atoms with Crippen LogP contribution in [0.15, 0.2) is 0 Å². The molecule has 0 saturated carbocycles. The number of carbonyl (C=O) groups is 6. The highest BCUT2D eigenvalue weighted by Crippen LogP contribution is 2.25.